The van der Waals surface area contributed by atoms with E-state index >= 15 is 0 Å². The summed E-state index contributed by atoms with van der Waals surface area (Å²) < 4.78 is 5.64. The first kappa shape index (κ1) is 14.7. The predicted octanol–water partition coefficient (Wildman–Crippen LogP) is 2.88. The molecule has 0 amide bonds. The number of esters is 1. The molecule has 18 heavy (non-hydrogen) atoms. The SMILES string of the molecule is CC(C)C(=O)OC(c1ccccc1)C(C)N(C)C. The van der Waals surface area contributed by atoms with E-state index in [-0.39, 0.29) is 24.0 Å². The molecular formula is C15H23NO2. The van der Waals surface area contributed by atoms with Gasteiger partial charge in [-0.3, -0.25) is 4.79 Å². The minimum Gasteiger partial charge on any atom is -0.456 e. The monoisotopic (exact) mass is 249 g/mol. The van der Waals surface area contributed by atoms with Crippen LogP contribution in [0.2, 0.25) is 0 Å². The average Bonchev–Trinajstić information content (AvgIpc) is 2.35. The molecule has 0 aliphatic carbocycles. The van der Waals surface area contributed by atoms with Gasteiger partial charge in [0.25, 0.3) is 0 Å². The molecule has 100 valence electrons. The number of hydrogen-bond acceptors (Lipinski definition) is 3. The molecule has 0 aliphatic rings. The Kier molecular flexibility index (Phi) is 5.35. The van der Waals surface area contributed by atoms with Crippen molar-refractivity contribution in [1.29, 1.82) is 0 Å². The van der Waals surface area contributed by atoms with Crippen LogP contribution in [0.15, 0.2) is 30.3 Å². The molecule has 0 saturated heterocycles. The molecule has 0 bridgehead atoms. The van der Waals surface area contributed by atoms with Crippen molar-refractivity contribution in [3.8, 4) is 0 Å². The van der Waals surface area contributed by atoms with Gasteiger partial charge in [-0.05, 0) is 26.6 Å². The smallest absolute Gasteiger partial charge is 0.309 e. The zero-order valence-electron chi connectivity index (χ0n) is 11.9. The van der Waals surface area contributed by atoms with Crippen LogP contribution < -0.4 is 0 Å². The highest BCUT2D eigenvalue weighted by molar-refractivity contribution is 5.71. The minimum absolute atomic E-state index is 0.106. The third-order valence-electron chi connectivity index (χ3n) is 3.10. The number of nitrogens with zero attached hydrogens (tertiary/aromatic N) is 1. The first-order valence-electron chi connectivity index (χ1n) is 6.35. The maximum atomic E-state index is 11.8. The van der Waals surface area contributed by atoms with Crippen molar-refractivity contribution in [2.75, 3.05) is 14.1 Å². The van der Waals surface area contributed by atoms with E-state index in [9.17, 15) is 4.79 Å². The van der Waals surface area contributed by atoms with E-state index in [1.807, 2.05) is 58.3 Å². The quantitative estimate of drug-likeness (QED) is 0.751. The maximum Gasteiger partial charge on any atom is 0.309 e. The van der Waals surface area contributed by atoms with Crippen molar-refractivity contribution in [2.45, 2.75) is 32.9 Å². The molecule has 3 nitrogen and oxygen atoms in total. The van der Waals surface area contributed by atoms with Crippen LogP contribution >= 0.6 is 0 Å². The van der Waals surface area contributed by atoms with Crippen molar-refractivity contribution in [3.63, 3.8) is 0 Å². The van der Waals surface area contributed by atoms with Gasteiger partial charge < -0.3 is 9.64 Å². The molecule has 0 radical (unpaired) electrons. The van der Waals surface area contributed by atoms with E-state index in [2.05, 4.69) is 11.8 Å². The zero-order valence-corrected chi connectivity index (χ0v) is 11.9. The molecule has 2 unspecified atom stereocenters. The maximum absolute atomic E-state index is 11.8. The standard InChI is InChI=1S/C15H23NO2/c1-11(2)15(17)18-14(12(3)16(4)5)13-9-7-6-8-10-13/h6-12,14H,1-5H3. The number of likely N-dealkylation sites (N-methyl/N-ethyl adjacent to an activating group) is 1. The number of hydrogen-bond donors (Lipinski definition) is 0. The Morgan fingerprint density at radius 2 is 1.67 bits per heavy atom. The Morgan fingerprint density at radius 3 is 2.11 bits per heavy atom. The second-order valence-electron chi connectivity index (χ2n) is 5.13. The Morgan fingerprint density at radius 1 is 1.11 bits per heavy atom. The molecule has 0 aromatic heterocycles. The van der Waals surface area contributed by atoms with Gasteiger partial charge >= 0.3 is 5.97 Å². The van der Waals surface area contributed by atoms with Crippen LogP contribution in [0.3, 0.4) is 0 Å². The van der Waals surface area contributed by atoms with Gasteiger partial charge in [-0.2, -0.15) is 0 Å². The van der Waals surface area contributed by atoms with Crippen molar-refractivity contribution in [3.05, 3.63) is 35.9 Å². The first-order chi connectivity index (χ1) is 8.43. The van der Waals surface area contributed by atoms with Crippen molar-refractivity contribution >= 4 is 5.97 Å². The number of ether oxygens (including phenoxy) is 1. The van der Waals surface area contributed by atoms with E-state index < -0.39 is 0 Å². The summed E-state index contributed by atoms with van der Waals surface area (Å²) in [7, 11) is 3.98. The predicted molar refractivity (Wildman–Crippen MR) is 73.3 cm³/mol. The summed E-state index contributed by atoms with van der Waals surface area (Å²) in [4.78, 5) is 13.9. The number of rotatable bonds is 5. The lowest BCUT2D eigenvalue weighted by Gasteiger charge is -2.30. The number of benzene rings is 1. The number of carbonyl (C=O) groups is 1. The highest BCUT2D eigenvalue weighted by atomic mass is 16.5. The Labute approximate surface area is 110 Å². The molecule has 2 atom stereocenters. The lowest BCUT2D eigenvalue weighted by atomic mass is 10.0. The second-order valence-corrected chi connectivity index (χ2v) is 5.13. The van der Waals surface area contributed by atoms with Crippen LogP contribution in [-0.4, -0.2) is 31.0 Å². The molecule has 0 saturated carbocycles. The van der Waals surface area contributed by atoms with Gasteiger partial charge in [0.05, 0.1) is 5.92 Å². The normalized spacial score (nSPS) is 14.6. The van der Waals surface area contributed by atoms with Gasteiger partial charge in [0, 0.05) is 6.04 Å². The third-order valence-corrected chi connectivity index (χ3v) is 3.10. The molecule has 0 heterocycles. The lowest BCUT2D eigenvalue weighted by Crippen LogP contribution is -2.34. The van der Waals surface area contributed by atoms with Crippen LogP contribution in [0.1, 0.15) is 32.4 Å². The van der Waals surface area contributed by atoms with E-state index in [0.717, 1.165) is 5.56 Å². The zero-order chi connectivity index (χ0) is 13.7. The van der Waals surface area contributed by atoms with Gasteiger partial charge in [0.2, 0.25) is 0 Å². The topological polar surface area (TPSA) is 29.5 Å². The van der Waals surface area contributed by atoms with E-state index in [1.165, 1.54) is 0 Å². The summed E-state index contributed by atoms with van der Waals surface area (Å²) in [6.07, 6.45) is -0.226. The molecule has 0 aliphatic heterocycles. The summed E-state index contributed by atoms with van der Waals surface area (Å²) in [5, 5.41) is 0. The summed E-state index contributed by atoms with van der Waals surface area (Å²) in [5.41, 5.74) is 1.03. The van der Waals surface area contributed by atoms with Crippen LogP contribution in [0, 0.1) is 5.92 Å². The highest BCUT2D eigenvalue weighted by Crippen LogP contribution is 2.24. The van der Waals surface area contributed by atoms with Crippen molar-refractivity contribution in [1.82, 2.24) is 4.90 Å². The van der Waals surface area contributed by atoms with Crippen molar-refractivity contribution in [2.24, 2.45) is 5.92 Å². The van der Waals surface area contributed by atoms with E-state index in [0.29, 0.717) is 0 Å². The molecule has 0 fully saturated rings. The summed E-state index contributed by atoms with van der Waals surface area (Å²) in [6.45, 7) is 5.76. The van der Waals surface area contributed by atoms with Crippen LogP contribution in [0.25, 0.3) is 0 Å². The Bertz CT molecular complexity index is 373. The largest absolute Gasteiger partial charge is 0.456 e. The van der Waals surface area contributed by atoms with E-state index in [1.54, 1.807) is 0 Å². The van der Waals surface area contributed by atoms with E-state index in [4.69, 9.17) is 4.74 Å². The van der Waals surface area contributed by atoms with Crippen molar-refractivity contribution < 1.29 is 9.53 Å². The highest BCUT2D eigenvalue weighted by Gasteiger charge is 2.25. The molecule has 3 heteroatoms. The lowest BCUT2D eigenvalue weighted by molar-refractivity contribution is -0.156. The van der Waals surface area contributed by atoms with Crippen LogP contribution in [0.4, 0.5) is 0 Å². The van der Waals surface area contributed by atoms with Gasteiger partial charge in [-0.1, -0.05) is 44.2 Å². The fourth-order valence-corrected chi connectivity index (χ4v) is 1.62. The van der Waals surface area contributed by atoms with Gasteiger partial charge in [-0.15, -0.1) is 0 Å². The Hall–Kier alpha value is -1.35. The molecule has 0 spiro atoms. The third kappa shape index (κ3) is 3.84. The average molecular weight is 249 g/mol. The van der Waals surface area contributed by atoms with Gasteiger partial charge in [0.1, 0.15) is 6.10 Å². The summed E-state index contributed by atoms with van der Waals surface area (Å²) >= 11 is 0. The number of carbonyl (C=O) groups excluding carboxylic acids is 1. The fraction of sp³-hybridized carbons (Fsp3) is 0.533. The fourth-order valence-electron chi connectivity index (χ4n) is 1.62. The summed E-state index contributed by atoms with van der Waals surface area (Å²) in [5.74, 6) is -0.261. The van der Waals surface area contributed by atoms with Crippen LogP contribution in [0.5, 0.6) is 0 Å². The first-order valence-corrected chi connectivity index (χ1v) is 6.35. The second kappa shape index (κ2) is 6.55. The Balaban J connectivity index is 2.93. The molecule has 1 aromatic carbocycles. The van der Waals surface area contributed by atoms with Gasteiger partial charge in [-0.25, -0.2) is 0 Å². The molecule has 0 N–H and O–H groups in total. The molecule has 1 rings (SSSR count). The minimum atomic E-state index is -0.226. The molecular weight excluding hydrogens is 226 g/mol. The van der Waals surface area contributed by atoms with Crippen LogP contribution in [-0.2, 0) is 9.53 Å². The van der Waals surface area contributed by atoms with Gasteiger partial charge in [0.15, 0.2) is 0 Å². The molecule has 1 aromatic rings. The summed E-state index contributed by atoms with van der Waals surface area (Å²) in [6, 6.07) is 10.0.